The van der Waals surface area contributed by atoms with Crippen LogP contribution in [-0.4, -0.2) is 30.2 Å². The first kappa shape index (κ1) is 14.7. The van der Waals surface area contributed by atoms with E-state index in [1.54, 1.807) is 0 Å². The van der Waals surface area contributed by atoms with Crippen LogP contribution in [0.1, 0.15) is 25.0 Å². The molecule has 0 radical (unpaired) electrons. The number of hydrogen-bond acceptors (Lipinski definition) is 2. The standard InChI is InChI=1S/C14H22BrNO/c1-11-5-6-13(15)7-12(11)8-16(4)9-14(2,3)10-17/h5-7,17H,8-10H2,1-4H3. The van der Waals surface area contributed by atoms with Gasteiger partial charge in [0.05, 0.1) is 0 Å². The smallest absolute Gasteiger partial charge is 0.0494 e. The molecule has 0 aliphatic rings. The summed E-state index contributed by atoms with van der Waals surface area (Å²) in [5.74, 6) is 0. The average molecular weight is 300 g/mol. The zero-order valence-electron chi connectivity index (χ0n) is 11.1. The highest BCUT2D eigenvalue weighted by Crippen LogP contribution is 2.20. The molecular formula is C14H22BrNO. The van der Waals surface area contributed by atoms with Crippen molar-refractivity contribution < 1.29 is 5.11 Å². The minimum absolute atomic E-state index is 0.0470. The fourth-order valence-electron chi connectivity index (χ4n) is 1.94. The lowest BCUT2D eigenvalue weighted by Gasteiger charge is -2.28. The largest absolute Gasteiger partial charge is 0.396 e. The van der Waals surface area contributed by atoms with E-state index in [0.29, 0.717) is 0 Å². The average Bonchev–Trinajstić information content (AvgIpc) is 2.23. The number of rotatable bonds is 5. The quantitative estimate of drug-likeness (QED) is 0.902. The van der Waals surface area contributed by atoms with Crippen LogP contribution < -0.4 is 0 Å². The van der Waals surface area contributed by atoms with Crippen LogP contribution in [0.3, 0.4) is 0 Å². The number of aryl methyl sites for hydroxylation is 1. The molecule has 0 aliphatic heterocycles. The molecule has 0 unspecified atom stereocenters. The summed E-state index contributed by atoms with van der Waals surface area (Å²) in [6.07, 6.45) is 0. The van der Waals surface area contributed by atoms with E-state index in [1.165, 1.54) is 11.1 Å². The van der Waals surface area contributed by atoms with Gasteiger partial charge < -0.3 is 10.0 Å². The number of hydrogen-bond donors (Lipinski definition) is 1. The van der Waals surface area contributed by atoms with Gasteiger partial charge in [0.15, 0.2) is 0 Å². The summed E-state index contributed by atoms with van der Waals surface area (Å²) in [5.41, 5.74) is 2.59. The molecule has 0 aromatic heterocycles. The number of aliphatic hydroxyl groups excluding tert-OH is 1. The van der Waals surface area contributed by atoms with E-state index < -0.39 is 0 Å². The Kier molecular flexibility index (Phi) is 5.17. The Hall–Kier alpha value is -0.380. The van der Waals surface area contributed by atoms with Crippen molar-refractivity contribution in [3.8, 4) is 0 Å². The molecule has 2 nitrogen and oxygen atoms in total. The maximum Gasteiger partial charge on any atom is 0.0494 e. The number of aliphatic hydroxyl groups is 1. The van der Waals surface area contributed by atoms with Gasteiger partial charge in [0.1, 0.15) is 0 Å². The van der Waals surface area contributed by atoms with Crippen molar-refractivity contribution in [2.75, 3.05) is 20.2 Å². The molecular weight excluding hydrogens is 278 g/mol. The molecule has 1 aromatic carbocycles. The van der Waals surface area contributed by atoms with E-state index in [1.807, 2.05) is 0 Å². The third kappa shape index (κ3) is 4.78. The Labute approximate surface area is 113 Å². The molecule has 0 saturated heterocycles. The third-order valence-corrected chi connectivity index (χ3v) is 3.37. The lowest BCUT2D eigenvalue weighted by Crippen LogP contribution is -2.33. The van der Waals surface area contributed by atoms with Gasteiger partial charge in [-0.2, -0.15) is 0 Å². The van der Waals surface area contributed by atoms with Crippen molar-refractivity contribution >= 4 is 15.9 Å². The van der Waals surface area contributed by atoms with E-state index in [0.717, 1.165) is 17.6 Å². The van der Waals surface area contributed by atoms with Crippen LogP contribution in [-0.2, 0) is 6.54 Å². The molecule has 0 atom stereocenters. The first-order valence-electron chi connectivity index (χ1n) is 5.88. The van der Waals surface area contributed by atoms with Crippen molar-refractivity contribution in [3.05, 3.63) is 33.8 Å². The summed E-state index contributed by atoms with van der Waals surface area (Å²) < 4.78 is 1.12. The van der Waals surface area contributed by atoms with Gasteiger partial charge >= 0.3 is 0 Å². The maximum absolute atomic E-state index is 9.27. The first-order valence-corrected chi connectivity index (χ1v) is 6.68. The molecule has 0 fully saturated rings. The van der Waals surface area contributed by atoms with E-state index in [4.69, 9.17) is 0 Å². The van der Waals surface area contributed by atoms with E-state index in [-0.39, 0.29) is 12.0 Å². The van der Waals surface area contributed by atoms with Crippen LogP contribution in [0.15, 0.2) is 22.7 Å². The summed E-state index contributed by atoms with van der Waals surface area (Å²) in [6.45, 7) is 8.31. The molecule has 0 saturated carbocycles. The van der Waals surface area contributed by atoms with Crippen LogP contribution in [0, 0.1) is 12.3 Å². The summed E-state index contributed by atoms with van der Waals surface area (Å²) in [5, 5.41) is 9.27. The molecule has 0 bridgehead atoms. The normalized spacial score (nSPS) is 12.2. The van der Waals surface area contributed by atoms with E-state index >= 15 is 0 Å². The second-order valence-electron chi connectivity index (χ2n) is 5.57. The van der Waals surface area contributed by atoms with Gasteiger partial charge in [-0.15, -0.1) is 0 Å². The highest BCUT2D eigenvalue weighted by Gasteiger charge is 2.19. The monoisotopic (exact) mass is 299 g/mol. The molecule has 1 rings (SSSR count). The van der Waals surface area contributed by atoms with Crippen molar-refractivity contribution in [1.82, 2.24) is 4.90 Å². The highest BCUT2D eigenvalue weighted by molar-refractivity contribution is 9.10. The van der Waals surface area contributed by atoms with Gasteiger partial charge in [-0.25, -0.2) is 0 Å². The molecule has 17 heavy (non-hydrogen) atoms. The predicted octanol–water partition coefficient (Wildman–Crippen LogP) is 3.21. The van der Waals surface area contributed by atoms with Crippen molar-refractivity contribution in [1.29, 1.82) is 0 Å². The van der Waals surface area contributed by atoms with Gasteiger partial charge in [0.2, 0.25) is 0 Å². The minimum atomic E-state index is -0.0470. The second kappa shape index (κ2) is 5.98. The maximum atomic E-state index is 9.27. The highest BCUT2D eigenvalue weighted by atomic mass is 79.9. The third-order valence-electron chi connectivity index (χ3n) is 2.88. The van der Waals surface area contributed by atoms with Gasteiger partial charge in [0, 0.05) is 29.6 Å². The minimum Gasteiger partial charge on any atom is -0.396 e. The van der Waals surface area contributed by atoms with Crippen molar-refractivity contribution in [3.63, 3.8) is 0 Å². The molecule has 1 N–H and O–H groups in total. The number of halogens is 1. The van der Waals surface area contributed by atoms with Crippen LogP contribution >= 0.6 is 15.9 Å². The van der Waals surface area contributed by atoms with Crippen LogP contribution in [0.5, 0.6) is 0 Å². The Balaban J connectivity index is 2.68. The second-order valence-corrected chi connectivity index (χ2v) is 6.48. The SMILES string of the molecule is Cc1ccc(Br)cc1CN(C)CC(C)(C)CO. The van der Waals surface area contributed by atoms with E-state index in [2.05, 4.69) is 66.8 Å². The Bertz CT molecular complexity index is 376. The number of benzene rings is 1. The summed E-state index contributed by atoms with van der Waals surface area (Å²) in [7, 11) is 2.09. The Morgan fingerprint density at radius 1 is 1.35 bits per heavy atom. The fourth-order valence-corrected chi connectivity index (χ4v) is 2.35. The molecule has 0 aliphatic carbocycles. The van der Waals surface area contributed by atoms with Crippen LogP contribution in [0.25, 0.3) is 0 Å². The zero-order chi connectivity index (χ0) is 13.1. The lowest BCUT2D eigenvalue weighted by atomic mass is 9.94. The summed E-state index contributed by atoms with van der Waals surface area (Å²) in [4.78, 5) is 2.25. The molecule has 1 aromatic rings. The Morgan fingerprint density at radius 3 is 2.59 bits per heavy atom. The topological polar surface area (TPSA) is 23.5 Å². The van der Waals surface area contributed by atoms with Crippen molar-refractivity contribution in [2.24, 2.45) is 5.41 Å². The summed E-state index contributed by atoms with van der Waals surface area (Å²) in [6, 6.07) is 6.36. The Morgan fingerprint density at radius 2 is 2.00 bits per heavy atom. The molecule has 3 heteroatoms. The van der Waals surface area contributed by atoms with E-state index in [9.17, 15) is 5.11 Å². The van der Waals surface area contributed by atoms with Crippen LogP contribution in [0.2, 0.25) is 0 Å². The molecule has 96 valence electrons. The van der Waals surface area contributed by atoms with Gasteiger partial charge in [0.25, 0.3) is 0 Å². The van der Waals surface area contributed by atoms with Gasteiger partial charge in [-0.05, 0) is 37.2 Å². The predicted molar refractivity (Wildman–Crippen MR) is 76.1 cm³/mol. The fraction of sp³-hybridized carbons (Fsp3) is 0.571. The first-order chi connectivity index (χ1) is 7.84. The lowest BCUT2D eigenvalue weighted by molar-refractivity contribution is 0.112. The summed E-state index contributed by atoms with van der Waals surface area (Å²) >= 11 is 3.50. The van der Waals surface area contributed by atoms with Crippen LogP contribution in [0.4, 0.5) is 0 Å². The molecule has 0 spiro atoms. The van der Waals surface area contributed by atoms with Gasteiger partial charge in [-0.3, -0.25) is 0 Å². The molecule has 0 amide bonds. The van der Waals surface area contributed by atoms with Crippen molar-refractivity contribution in [2.45, 2.75) is 27.3 Å². The number of nitrogens with zero attached hydrogens (tertiary/aromatic N) is 1. The zero-order valence-corrected chi connectivity index (χ0v) is 12.7. The molecule has 0 heterocycles. The van der Waals surface area contributed by atoms with Gasteiger partial charge in [-0.1, -0.05) is 35.8 Å².